The van der Waals surface area contributed by atoms with Gasteiger partial charge in [-0.25, -0.2) is 4.98 Å². The van der Waals surface area contributed by atoms with Crippen LogP contribution in [0.4, 0.5) is 11.8 Å². The molecule has 1 fully saturated rings. The first-order valence-corrected chi connectivity index (χ1v) is 8.11. The molecular formula is C16H28N4O. The van der Waals surface area contributed by atoms with E-state index in [0.717, 1.165) is 50.3 Å². The van der Waals surface area contributed by atoms with Crippen molar-refractivity contribution in [2.24, 2.45) is 0 Å². The Morgan fingerprint density at radius 3 is 2.71 bits per heavy atom. The molecule has 1 aromatic heterocycles. The molecule has 1 atom stereocenters. The van der Waals surface area contributed by atoms with Crippen molar-refractivity contribution in [3.05, 3.63) is 11.8 Å². The summed E-state index contributed by atoms with van der Waals surface area (Å²) in [7, 11) is 0. The quantitative estimate of drug-likeness (QED) is 0.842. The first-order valence-electron chi connectivity index (χ1n) is 8.11. The maximum absolute atomic E-state index is 6.03. The Hall–Kier alpha value is -1.36. The number of aromatic nitrogens is 2. The number of ether oxygens (including phenoxy) is 1. The van der Waals surface area contributed by atoms with Crippen molar-refractivity contribution >= 4 is 11.8 Å². The normalized spacial score (nSPS) is 21.0. The molecule has 1 saturated heterocycles. The van der Waals surface area contributed by atoms with E-state index < -0.39 is 0 Å². The zero-order valence-electron chi connectivity index (χ0n) is 13.7. The minimum atomic E-state index is 0.0302. The van der Waals surface area contributed by atoms with Crippen molar-refractivity contribution in [3.8, 4) is 0 Å². The summed E-state index contributed by atoms with van der Waals surface area (Å²) in [6, 6.07) is 2.43. The van der Waals surface area contributed by atoms with Crippen LogP contribution in [0.15, 0.2) is 6.07 Å². The number of aryl methyl sites for hydroxylation is 1. The molecule has 21 heavy (non-hydrogen) atoms. The van der Waals surface area contributed by atoms with E-state index in [1.807, 2.05) is 19.9 Å². The summed E-state index contributed by atoms with van der Waals surface area (Å²) in [6.07, 6.45) is 4.20. The Labute approximate surface area is 127 Å². The Balaban J connectivity index is 2.07. The molecule has 0 saturated carbocycles. The number of hydrogen-bond donors (Lipinski definition) is 2. The van der Waals surface area contributed by atoms with Crippen molar-refractivity contribution in [2.45, 2.75) is 65.0 Å². The Morgan fingerprint density at radius 2 is 2.05 bits per heavy atom. The van der Waals surface area contributed by atoms with Gasteiger partial charge in [-0.1, -0.05) is 13.8 Å². The molecule has 5 heteroatoms. The molecule has 0 spiro atoms. The summed E-state index contributed by atoms with van der Waals surface area (Å²) in [5.41, 5.74) is 1.01. The van der Waals surface area contributed by atoms with E-state index in [2.05, 4.69) is 34.4 Å². The lowest BCUT2D eigenvalue weighted by atomic mass is 9.86. The van der Waals surface area contributed by atoms with Crippen LogP contribution >= 0.6 is 0 Å². The first kappa shape index (κ1) is 16.0. The largest absolute Gasteiger partial charge is 0.375 e. The fourth-order valence-corrected chi connectivity index (χ4v) is 2.98. The SMILES string of the molecule is CCNc1nc(C)cc(NC2CCOC(CC)(CC)C2)n1. The van der Waals surface area contributed by atoms with E-state index >= 15 is 0 Å². The van der Waals surface area contributed by atoms with Gasteiger partial charge in [-0.3, -0.25) is 0 Å². The van der Waals surface area contributed by atoms with E-state index in [0.29, 0.717) is 12.0 Å². The molecule has 5 nitrogen and oxygen atoms in total. The van der Waals surface area contributed by atoms with E-state index in [9.17, 15) is 0 Å². The lowest BCUT2D eigenvalue weighted by Gasteiger charge is -2.40. The van der Waals surface area contributed by atoms with Gasteiger partial charge in [0.25, 0.3) is 0 Å². The van der Waals surface area contributed by atoms with Crippen LogP contribution in [0.5, 0.6) is 0 Å². The summed E-state index contributed by atoms with van der Waals surface area (Å²) in [6.45, 7) is 10.1. The van der Waals surface area contributed by atoms with Gasteiger partial charge in [-0.15, -0.1) is 0 Å². The number of nitrogens with one attached hydrogen (secondary N) is 2. The van der Waals surface area contributed by atoms with E-state index in [4.69, 9.17) is 4.74 Å². The molecule has 118 valence electrons. The van der Waals surface area contributed by atoms with Crippen molar-refractivity contribution in [3.63, 3.8) is 0 Å². The number of hydrogen-bond acceptors (Lipinski definition) is 5. The molecule has 0 radical (unpaired) electrons. The first-order chi connectivity index (χ1) is 10.1. The van der Waals surface area contributed by atoms with Crippen LogP contribution in [0.25, 0.3) is 0 Å². The predicted octanol–water partition coefficient (Wildman–Crippen LogP) is 3.37. The molecule has 0 aliphatic carbocycles. The Kier molecular flexibility index (Phi) is 5.39. The molecule has 0 amide bonds. The summed E-state index contributed by atoms with van der Waals surface area (Å²) in [5.74, 6) is 1.61. The fraction of sp³-hybridized carbons (Fsp3) is 0.750. The molecule has 2 N–H and O–H groups in total. The maximum Gasteiger partial charge on any atom is 0.224 e. The van der Waals surface area contributed by atoms with Gasteiger partial charge in [0.1, 0.15) is 5.82 Å². The third kappa shape index (κ3) is 4.06. The lowest BCUT2D eigenvalue weighted by molar-refractivity contribution is -0.0864. The highest BCUT2D eigenvalue weighted by molar-refractivity contribution is 5.43. The molecule has 2 rings (SSSR count). The van der Waals surface area contributed by atoms with Crippen LogP contribution in [-0.2, 0) is 4.74 Å². The van der Waals surface area contributed by atoms with Gasteiger partial charge in [0.15, 0.2) is 0 Å². The molecule has 1 aliphatic rings. The van der Waals surface area contributed by atoms with E-state index in [1.165, 1.54) is 0 Å². The summed E-state index contributed by atoms with van der Waals surface area (Å²) < 4.78 is 6.03. The maximum atomic E-state index is 6.03. The van der Waals surface area contributed by atoms with E-state index in [1.54, 1.807) is 0 Å². The summed E-state index contributed by atoms with van der Waals surface area (Å²) in [5, 5.41) is 6.75. The standard InChI is InChI=1S/C16H28N4O/c1-5-16(6-2)11-13(8-9-21-16)19-14-10-12(4)18-15(20-14)17-7-3/h10,13H,5-9,11H2,1-4H3,(H2,17,18,19,20). The van der Waals surface area contributed by atoms with Crippen LogP contribution in [0.3, 0.4) is 0 Å². The third-order valence-corrected chi connectivity index (χ3v) is 4.32. The molecule has 1 aliphatic heterocycles. The van der Waals surface area contributed by atoms with Crippen molar-refractivity contribution in [1.82, 2.24) is 9.97 Å². The zero-order valence-corrected chi connectivity index (χ0v) is 13.7. The van der Waals surface area contributed by atoms with Crippen LogP contribution in [0.2, 0.25) is 0 Å². The van der Waals surface area contributed by atoms with Gasteiger partial charge in [-0.2, -0.15) is 4.98 Å². The second-order valence-electron chi connectivity index (χ2n) is 5.82. The van der Waals surface area contributed by atoms with Crippen LogP contribution < -0.4 is 10.6 Å². The van der Waals surface area contributed by atoms with Crippen LogP contribution in [0, 0.1) is 6.92 Å². The van der Waals surface area contributed by atoms with Gasteiger partial charge in [-0.05, 0) is 39.5 Å². The molecule has 1 unspecified atom stereocenters. The van der Waals surface area contributed by atoms with Crippen molar-refractivity contribution in [2.75, 3.05) is 23.8 Å². The van der Waals surface area contributed by atoms with Gasteiger partial charge in [0.05, 0.1) is 5.60 Å². The molecular weight excluding hydrogens is 264 g/mol. The van der Waals surface area contributed by atoms with Gasteiger partial charge in [0.2, 0.25) is 5.95 Å². The predicted molar refractivity (Wildman–Crippen MR) is 86.8 cm³/mol. The summed E-state index contributed by atoms with van der Waals surface area (Å²) >= 11 is 0. The lowest BCUT2D eigenvalue weighted by Crippen LogP contribution is -2.43. The van der Waals surface area contributed by atoms with Gasteiger partial charge in [0, 0.05) is 31.0 Å². The average Bonchev–Trinajstić information content (AvgIpc) is 2.47. The molecule has 0 bridgehead atoms. The fourth-order valence-electron chi connectivity index (χ4n) is 2.98. The van der Waals surface area contributed by atoms with Gasteiger partial charge < -0.3 is 15.4 Å². The monoisotopic (exact) mass is 292 g/mol. The highest BCUT2D eigenvalue weighted by atomic mass is 16.5. The summed E-state index contributed by atoms with van der Waals surface area (Å²) in [4.78, 5) is 8.93. The molecule has 2 heterocycles. The number of rotatable bonds is 6. The minimum Gasteiger partial charge on any atom is -0.375 e. The van der Waals surface area contributed by atoms with Gasteiger partial charge >= 0.3 is 0 Å². The highest BCUT2D eigenvalue weighted by Gasteiger charge is 2.34. The average molecular weight is 292 g/mol. The van der Waals surface area contributed by atoms with Crippen LogP contribution in [-0.4, -0.2) is 34.8 Å². The topological polar surface area (TPSA) is 59.1 Å². The highest BCUT2D eigenvalue weighted by Crippen LogP contribution is 2.32. The van der Waals surface area contributed by atoms with Crippen molar-refractivity contribution in [1.29, 1.82) is 0 Å². The zero-order chi connectivity index (χ0) is 15.3. The molecule has 0 aromatic carbocycles. The smallest absolute Gasteiger partial charge is 0.224 e. The van der Waals surface area contributed by atoms with E-state index in [-0.39, 0.29) is 5.60 Å². The Morgan fingerprint density at radius 1 is 1.29 bits per heavy atom. The minimum absolute atomic E-state index is 0.0302. The Bertz CT molecular complexity index is 460. The van der Waals surface area contributed by atoms with Crippen LogP contribution in [0.1, 0.15) is 52.1 Å². The third-order valence-electron chi connectivity index (χ3n) is 4.32. The van der Waals surface area contributed by atoms with Crippen molar-refractivity contribution < 1.29 is 4.74 Å². The number of nitrogens with zero attached hydrogens (tertiary/aromatic N) is 2. The second kappa shape index (κ2) is 7.07. The molecule has 1 aromatic rings. The number of anilines is 2. The second-order valence-corrected chi connectivity index (χ2v) is 5.82.